The van der Waals surface area contributed by atoms with Crippen molar-refractivity contribution in [2.75, 3.05) is 30.9 Å². The molecule has 1 aromatic carbocycles. The highest BCUT2D eigenvalue weighted by atomic mass is 19.1. The lowest BCUT2D eigenvalue weighted by Crippen LogP contribution is -2.34. The Balaban J connectivity index is 2.01. The Morgan fingerprint density at radius 3 is 2.63 bits per heavy atom. The van der Waals surface area contributed by atoms with E-state index in [1.54, 1.807) is 0 Å². The summed E-state index contributed by atoms with van der Waals surface area (Å²) in [6.45, 7) is -0.671. The summed E-state index contributed by atoms with van der Waals surface area (Å²) in [4.78, 5) is 16.1. The maximum atomic E-state index is 13.0. The number of benzene rings is 1. The zero-order chi connectivity index (χ0) is 19.8. The van der Waals surface area contributed by atoms with E-state index in [4.69, 9.17) is 21.0 Å². The molecule has 1 heterocycles. The van der Waals surface area contributed by atoms with Gasteiger partial charge in [0.15, 0.2) is 0 Å². The molecule has 1 aromatic heterocycles. The summed E-state index contributed by atoms with van der Waals surface area (Å²) in [5.41, 5.74) is 6.74. The van der Waals surface area contributed by atoms with Gasteiger partial charge in [-0.05, 0) is 17.7 Å². The average molecular weight is 377 g/mol. The van der Waals surface area contributed by atoms with Gasteiger partial charge >= 0.3 is 6.03 Å². The summed E-state index contributed by atoms with van der Waals surface area (Å²) in [7, 11) is 0. The summed E-state index contributed by atoms with van der Waals surface area (Å²) < 4.78 is 17.9. The third kappa shape index (κ3) is 5.62. The molecule has 7 N–H and O–H groups in total. The number of aliphatic hydroxyl groups excluding tert-OH is 2. The molecule has 0 radical (unpaired) electrons. The van der Waals surface area contributed by atoms with Crippen LogP contribution >= 0.6 is 0 Å². The molecule has 0 bridgehead atoms. The number of nitrogens with one attached hydrogen (secondary N) is 3. The van der Waals surface area contributed by atoms with E-state index in [9.17, 15) is 14.3 Å². The van der Waals surface area contributed by atoms with Crippen LogP contribution in [0.15, 0.2) is 36.5 Å². The average Bonchev–Trinajstić information content (AvgIpc) is 2.65. The SMILES string of the molecule is N=C(OCCO)c1cnc(NC(=O)N[C@H](CO)c2ccc(F)cc2)cc1N. The van der Waals surface area contributed by atoms with Crippen LogP contribution in [0.2, 0.25) is 0 Å². The fourth-order valence-corrected chi connectivity index (χ4v) is 2.19. The quantitative estimate of drug-likeness (QED) is 0.312. The number of rotatable bonds is 7. The molecule has 0 spiro atoms. The first kappa shape index (κ1) is 20.1. The van der Waals surface area contributed by atoms with Crippen LogP contribution < -0.4 is 16.4 Å². The molecule has 0 fully saturated rings. The largest absolute Gasteiger partial charge is 0.475 e. The van der Waals surface area contributed by atoms with Crippen molar-refractivity contribution in [1.82, 2.24) is 10.3 Å². The first-order valence-corrected chi connectivity index (χ1v) is 7.96. The van der Waals surface area contributed by atoms with Gasteiger partial charge in [-0.2, -0.15) is 0 Å². The number of carbonyl (C=O) groups is 1. The highest BCUT2D eigenvalue weighted by molar-refractivity contribution is 5.97. The van der Waals surface area contributed by atoms with Crippen molar-refractivity contribution in [1.29, 1.82) is 5.41 Å². The first-order valence-electron chi connectivity index (χ1n) is 7.96. The molecule has 0 aliphatic carbocycles. The Hall–Kier alpha value is -3.24. The van der Waals surface area contributed by atoms with Crippen molar-refractivity contribution in [3.05, 3.63) is 53.5 Å². The monoisotopic (exact) mass is 377 g/mol. The topological polar surface area (TPSA) is 154 Å². The van der Waals surface area contributed by atoms with E-state index in [0.29, 0.717) is 5.56 Å². The van der Waals surface area contributed by atoms with Crippen molar-refractivity contribution in [3.8, 4) is 0 Å². The highest BCUT2D eigenvalue weighted by Crippen LogP contribution is 2.17. The predicted octanol–water partition coefficient (Wildman–Crippen LogP) is 0.992. The molecule has 0 saturated heterocycles. The second kappa shape index (κ2) is 9.46. The van der Waals surface area contributed by atoms with Crippen LogP contribution in [0.25, 0.3) is 0 Å². The fourth-order valence-electron chi connectivity index (χ4n) is 2.19. The normalized spacial score (nSPS) is 11.5. The van der Waals surface area contributed by atoms with Gasteiger partial charge in [0, 0.05) is 18.0 Å². The van der Waals surface area contributed by atoms with Crippen LogP contribution in [-0.4, -0.2) is 46.9 Å². The van der Waals surface area contributed by atoms with E-state index in [1.807, 2.05) is 0 Å². The van der Waals surface area contributed by atoms with Crippen LogP contribution in [0.5, 0.6) is 0 Å². The summed E-state index contributed by atoms with van der Waals surface area (Å²) >= 11 is 0. The standard InChI is InChI=1S/C17H20FN5O4/c18-11-3-1-10(2-4-11)14(9-25)22-17(26)23-15-7-13(19)12(8-21-15)16(20)27-6-5-24/h1-4,7-8,14,20,24-25H,5-6,9H2,(H4,19,21,22,23,26)/t14-/m1/s1. The number of aliphatic hydroxyl groups is 2. The molecule has 0 unspecified atom stereocenters. The lowest BCUT2D eigenvalue weighted by atomic mass is 10.1. The molecule has 2 amide bonds. The van der Waals surface area contributed by atoms with Crippen LogP contribution in [0.4, 0.5) is 20.7 Å². The Morgan fingerprint density at radius 2 is 2.04 bits per heavy atom. The van der Waals surface area contributed by atoms with Gasteiger partial charge in [-0.15, -0.1) is 0 Å². The smallest absolute Gasteiger partial charge is 0.320 e. The summed E-state index contributed by atoms with van der Waals surface area (Å²) in [6, 6.07) is 5.34. The van der Waals surface area contributed by atoms with Crippen LogP contribution in [0.1, 0.15) is 17.2 Å². The van der Waals surface area contributed by atoms with Gasteiger partial charge in [-0.25, -0.2) is 14.2 Å². The molecule has 144 valence electrons. The van der Waals surface area contributed by atoms with Crippen molar-refractivity contribution in [2.45, 2.75) is 6.04 Å². The minimum Gasteiger partial charge on any atom is -0.475 e. The number of nitrogens with two attached hydrogens (primary N) is 1. The maximum Gasteiger partial charge on any atom is 0.320 e. The number of anilines is 2. The third-order valence-corrected chi connectivity index (χ3v) is 3.52. The van der Waals surface area contributed by atoms with Crippen molar-refractivity contribution >= 4 is 23.4 Å². The van der Waals surface area contributed by atoms with Crippen LogP contribution in [0, 0.1) is 11.2 Å². The minimum atomic E-state index is -0.734. The van der Waals surface area contributed by atoms with E-state index in [2.05, 4.69) is 15.6 Å². The first-order chi connectivity index (χ1) is 12.9. The maximum absolute atomic E-state index is 13.0. The Bertz CT molecular complexity index is 800. The van der Waals surface area contributed by atoms with Gasteiger partial charge in [0.25, 0.3) is 0 Å². The minimum absolute atomic E-state index is 0.0490. The zero-order valence-electron chi connectivity index (χ0n) is 14.3. The number of urea groups is 1. The summed E-state index contributed by atoms with van der Waals surface area (Å²) in [6.07, 6.45) is 1.26. The molecule has 10 heteroatoms. The van der Waals surface area contributed by atoms with Gasteiger partial charge < -0.3 is 26.0 Å². The number of hydrogen-bond acceptors (Lipinski definition) is 7. The molecule has 27 heavy (non-hydrogen) atoms. The summed E-state index contributed by atoms with van der Waals surface area (Å²) in [5, 5.41) is 30.9. The molecule has 0 aliphatic rings. The van der Waals surface area contributed by atoms with Crippen LogP contribution in [0.3, 0.4) is 0 Å². The number of amides is 2. The number of halogens is 1. The number of ether oxygens (including phenoxy) is 1. The van der Waals surface area contributed by atoms with Crippen LogP contribution in [-0.2, 0) is 4.74 Å². The number of carbonyl (C=O) groups excluding carboxylic acids is 1. The summed E-state index contributed by atoms with van der Waals surface area (Å²) in [5.74, 6) is -0.547. The second-order valence-electron chi connectivity index (χ2n) is 5.44. The Morgan fingerprint density at radius 1 is 1.33 bits per heavy atom. The van der Waals surface area contributed by atoms with Crippen molar-refractivity contribution < 1.29 is 24.1 Å². The molecule has 1 atom stereocenters. The number of aromatic nitrogens is 1. The predicted molar refractivity (Wildman–Crippen MR) is 96.9 cm³/mol. The number of hydrogen-bond donors (Lipinski definition) is 6. The second-order valence-corrected chi connectivity index (χ2v) is 5.44. The van der Waals surface area contributed by atoms with E-state index in [-0.39, 0.29) is 42.8 Å². The molecular weight excluding hydrogens is 357 g/mol. The van der Waals surface area contributed by atoms with E-state index >= 15 is 0 Å². The van der Waals surface area contributed by atoms with Crippen molar-refractivity contribution in [3.63, 3.8) is 0 Å². The molecular formula is C17H20FN5O4. The van der Waals surface area contributed by atoms with E-state index < -0.39 is 17.9 Å². The van der Waals surface area contributed by atoms with E-state index in [1.165, 1.54) is 36.5 Å². The molecule has 2 aromatic rings. The number of nitrogen functional groups attached to an aromatic ring is 1. The lowest BCUT2D eigenvalue weighted by Gasteiger charge is -2.17. The molecule has 0 saturated carbocycles. The van der Waals surface area contributed by atoms with Gasteiger partial charge in [0.2, 0.25) is 5.90 Å². The number of pyridine rings is 1. The van der Waals surface area contributed by atoms with Gasteiger partial charge in [-0.1, -0.05) is 12.1 Å². The molecule has 9 nitrogen and oxygen atoms in total. The Kier molecular flexibility index (Phi) is 7.03. The van der Waals surface area contributed by atoms with Gasteiger partial charge in [-0.3, -0.25) is 10.7 Å². The highest BCUT2D eigenvalue weighted by Gasteiger charge is 2.15. The van der Waals surface area contributed by atoms with Gasteiger partial charge in [0.05, 0.1) is 24.8 Å². The Labute approximate surface area is 154 Å². The van der Waals surface area contributed by atoms with Crippen molar-refractivity contribution in [2.24, 2.45) is 0 Å². The zero-order valence-corrected chi connectivity index (χ0v) is 14.3. The third-order valence-electron chi connectivity index (χ3n) is 3.52. The van der Waals surface area contributed by atoms with E-state index in [0.717, 1.165) is 0 Å². The molecule has 0 aliphatic heterocycles. The molecule has 2 rings (SSSR count). The fraction of sp³-hybridized carbons (Fsp3) is 0.235. The lowest BCUT2D eigenvalue weighted by molar-refractivity contribution is 0.193. The van der Waals surface area contributed by atoms with Gasteiger partial charge in [0.1, 0.15) is 18.2 Å². The number of nitrogens with zero attached hydrogens (tertiary/aromatic N) is 1.